The number of rotatable bonds is 2. The number of hydrogen-bond acceptors (Lipinski definition) is 1. The lowest BCUT2D eigenvalue weighted by Crippen LogP contribution is -2.40. The maximum absolute atomic E-state index is 3.56. The van der Waals surface area contributed by atoms with Gasteiger partial charge >= 0.3 is 0 Å². The Morgan fingerprint density at radius 1 is 1.33 bits per heavy atom. The van der Waals surface area contributed by atoms with Crippen molar-refractivity contribution in [1.82, 2.24) is 9.88 Å². The van der Waals surface area contributed by atoms with Crippen LogP contribution in [0.25, 0.3) is 10.9 Å². The minimum Gasteiger partial charge on any atom is -0.347 e. The number of nitrogens with zero attached hydrogens (tertiary/aromatic N) is 1. The van der Waals surface area contributed by atoms with E-state index < -0.39 is 0 Å². The van der Waals surface area contributed by atoms with Crippen molar-refractivity contribution in [2.24, 2.45) is 0 Å². The van der Waals surface area contributed by atoms with Gasteiger partial charge in [0.25, 0.3) is 0 Å². The Hall–Kier alpha value is -1.28. The summed E-state index contributed by atoms with van der Waals surface area (Å²) in [6.45, 7) is 7.94. The molecule has 2 nitrogen and oxygen atoms in total. The van der Waals surface area contributed by atoms with E-state index in [1.54, 1.807) is 0 Å². The van der Waals surface area contributed by atoms with Crippen molar-refractivity contribution in [2.75, 3.05) is 13.1 Å². The summed E-state index contributed by atoms with van der Waals surface area (Å²) in [5.74, 6) is 0. The normalized spacial score (nSPS) is 24.6. The predicted octanol–water partition coefficient (Wildman–Crippen LogP) is 3.30. The molecule has 1 atom stereocenters. The van der Waals surface area contributed by atoms with E-state index in [-0.39, 0.29) is 5.41 Å². The summed E-state index contributed by atoms with van der Waals surface area (Å²) < 4.78 is 2.38. The number of para-hydroxylation sites is 1. The summed E-state index contributed by atoms with van der Waals surface area (Å²) in [6, 6.07) is 8.81. The zero-order valence-electron chi connectivity index (χ0n) is 11.4. The fraction of sp³-hybridized carbons (Fsp3) is 0.500. The molecule has 0 radical (unpaired) electrons. The first-order chi connectivity index (χ1) is 8.74. The van der Waals surface area contributed by atoms with Crippen LogP contribution in [0.1, 0.15) is 32.3 Å². The molecule has 1 saturated heterocycles. The van der Waals surface area contributed by atoms with Gasteiger partial charge in [-0.05, 0) is 37.9 Å². The molecule has 0 aliphatic carbocycles. The van der Waals surface area contributed by atoms with Gasteiger partial charge in [0.15, 0.2) is 0 Å². The number of hydrogen-bond donors (Lipinski definition) is 1. The number of aryl methyl sites for hydroxylation is 1. The predicted molar refractivity (Wildman–Crippen MR) is 77.1 cm³/mol. The van der Waals surface area contributed by atoms with Crippen LogP contribution in [0.3, 0.4) is 0 Å². The second-order valence-electron chi connectivity index (χ2n) is 5.69. The minimum atomic E-state index is 0.290. The quantitative estimate of drug-likeness (QED) is 0.855. The van der Waals surface area contributed by atoms with Gasteiger partial charge in [-0.2, -0.15) is 0 Å². The monoisotopic (exact) mass is 242 g/mol. The summed E-state index contributed by atoms with van der Waals surface area (Å²) in [7, 11) is 0. The molecule has 18 heavy (non-hydrogen) atoms. The number of piperidine rings is 1. The highest BCUT2D eigenvalue weighted by atomic mass is 15.0. The van der Waals surface area contributed by atoms with Crippen LogP contribution in [-0.2, 0) is 12.0 Å². The number of nitrogens with one attached hydrogen (secondary N) is 1. The molecule has 96 valence electrons. The SMILES string of the molecule is CCn1cc(C2(C)CCCNC2)c2ccccc21. The third-order valence-corrected chi connectivity index (χ3v) is 4.38. The van der Waals surface area contributed by atoms with Gasteiger partial charge in [0, 0.05) is 35.6 Å². The molecule has 2 heteroatoms. The van der Waals surface area contributed by atoms with Crippen LogP contribution in [0, 0.1) is 0 Å². The fourth-order valence-corrected chi connectivity index (χ4v) is 3.28. The number of benzene rings is 1. The van der Waals surface area contributed by atoms with E-state index in [0.29, 0.717) is 0 Å². The Labute approximate surface area is 109 Å². The van der Waals surface area contributed by atoms with Gasteiger partial charge in [0.05, 0.1) is 0 Å². The molecule has 1 fully saturated rings. The molecular weight excluding hydrogens is 220 g/mol. The molecule has 0 saturated carbocycles. The van der Waals surface area contributed by atoms with Gasteiger partial charge in [-0.15, -0.1) is 0 Å². The van der Waals surface area contributed by atoms with Crippen LogP contribution >= 0.6 is 0 Å². The van der Waals surface area contributed by atoms with Crippen LogP contribution in [0.15, 0.2) is 30.5 Å². The van der Waals surface area contributed by atoms with Crippen LogP contribution in [0.5, 0.6) is 0 Å². The van der Waals surface area contributed by atoms with Crippen LogP contribution in [0.4, 0.5) is 0 Å². The summed E-state index contributed by atoms with van der Waals surface area (Å²) in [4.78, 5) is 0. The number of fused-ring (bicyclic) bond motifs is 1. The van der Waals surface area contributed by atoms with Crippen molar-refractivity contribution >= 4 is 10.9 Å². The van der Waals surface area contributed by atoms with E-state index >= 15 is 0 Å². The topological polar surface area (TPSA) is 17.0 Å². The Balaban J connectivity index is 2.16. The molecule has 1 aliphatic rings. The minimum absolute atomic E-state index is 0.290. The molecule has 2 aromatic rings. The van der Waals surface area contributed by atoms with Crippen molar-refractivity contribution in [2.45, 2.75) is 38.6 Å². The molecular formula is C16H22N2. The lowest BCUT2D eigenvalue weighted by Gasteiger charge is -2.34. The van der Waals surface area contributed by atoms with Crippen molar-refractivity contribution in [3.63, 3.8) is 0 Å². The zero-order chi connectivity index (χ0) is 12.6. The van der Waals surface area contributed by atoms with Crippen molar-refractivity contribution < 1.29 is 0 Å². The van der Waals surface area contributed by atoms with E-state index in [4.69, 9.17) is 0 Å². The highest BCUT2D eigenvalue weighted by Gasteiger charge is 2.31. The molecule has 3 rings (SSSR count). The van der Waals surface area contributed by atoms with Gasteiger partial charge in [-0.3, -0.25) is 0 Å². The average molecular weight is 242 g/mol. The van der Waals surface area contributed by atoms with E-state index in [1.807, 2.05) is 0 Å². The lowest BCUT2D eigenvalue weighted by molar-refractivity contribution is 0.341. The summed E-state index contributed by atoms with van der Waals surface area (Å²) in [5, 5.41) is 4.99. The first kappa shape index (κ1) is 11.8. The van der Waals surface area contributed by atoms with Gasteiger partial charge in [-0.1, -0.05) is 25.1 Å². The van der Waals surface area contributed by atoms with Crippen LogP contribution < -0.4 is 5.32 Å². The molecule has 1 aromatic heterocycles. The molecule has 0 spiro atoms. The van der Waals surface area contributed by atoms with E-state index in [2.05, 4.69) is 54.2 Å². The van der Waals surface area contributed by atoms with E-state index in [1.165, 1.54) is 35.9 Å². The van der Waals surface area contributed by atoms with Crippen molar-refractivity contribution in [1.29, 1.82) is 0 Å². The van der Waals surface area contributed by atoms with Crippen LogP contribution in [-0.4, -0.2) is 17.7 Å². The van der Waals surface area contributed by atoms with Crippen molar-refractivity contribution in [3.8, 4) is 0 Å². The third-order valence-electron chi connectivity index (χ3n) is 4.38. The fourth-order valence-electron chi connectivity index (χ4n) is 3.28. The first-order valence-electron chi connectivity index (χ1n) is 7.04. The second kappa shape index (κ2) is 4.43. The smallest absolute Gasteiger partial charge is 0.0483 e. The largest absolute Gasteiger partial charge is 0.347 e. The molecule has 1 unspecified atom stereocenters. The van der Waals surface area contributed by atoms with Gasteiger partial charge in [-0.25, -0.2) is 0 Å². The highest BCUT2D eigenvalue weighted by Crippen LogP contribution is 2.36. The molecule has 0 bridgehead atoms. The van der Waals surface area contributed by atoms with Crippen LogP contribution in [0.2, 0.25) is 0 Å². The van der Waals surface area contributed by atoms with Gasteiger partial charge < -0.3 is 9.88 Å². The Bertz CT molecular complexity index is 547. The summed E-state index contributed by atoms with van der Waals surface area (Å²) >= 11 is 0. The van der Waals surface area contributed by atoms with Gasteiger partial charge in [0.1, 0.15) is 0 Å². The van der Waals surface area contributed by atoms with Gasteiger partial charge in [0.2, 0.25) is 0 Å². The number of aromatic nitrogens is 1. The maximum atomic E-state index is 3.56. The average Bonchev–Trinajstić information content (AvgIpc) is 2.79. The Morgan fingerprint density at radius 2 is 2.17 bits per heavy atom. The molecule has 1 aliphatic heterocycles. The first-order valence-corrected chi connectivity index (χ1v) is 7.04. The molecule has 1 N–H and O–H groups in total. The maximum Gasteiger partial charge on any atom is 0.0483 e. The van der Waals surface area contributed by atoms with E-state index in [9.17, 15) is 0 Å². The Morgan fingerprint density at radius 3 is 2.89 bits per heavy atom. The van der Waals surface area contributed by atoms with Crippen molar-refractivity contribution in [3.05, 3.63) is 36.0 Å². The molecule has 1 aromatic carbocycles. The Kier molecular flexibility index (Phi) is 2.90. The van der Waals surface area contributed by atoms with E-state index in [0.717, 1.165) is 13.1 Å². The second-order valence-corrected chi connectivity index (χ2v) is 5.69. The standard InChI is InChI=1S/C16H22N2/c1-3-18-11-14(13-7-4-5-8-15(13)18)16(2)9-6-10-17-12-16/h4-5,7-8,11,17H,3,6,9-10,12H2,1-2H3. The molecule has 2 heterocycles. The molecule has 0 amide bonds. The summed E-state index contributed by atoms with van der Waals surface area (Å²) in [6.07, 6.45) is 4.94. The lowest BCUT2D eigenvalue weighted by atomic mass is 9.76. The highest BCUT2D eigenvalue weighted by molar-refractivity contribution is 5.85. The third kappa shape index (κ3) is 1.76. The zero-order valence-corrected chi connectivity index (χ0v) is 11.4. The summed E-state index contributed by atoms with van der Waals surface area (Å²) in [5.41, 5.74) is 3.19.